The van der Waals surface area contributed by atoms with Gasteiger partial charge in [-0.05, 0) is 30.2 Å². The normalized spacial score (nSPS) is 10.4. The van der Waals surface area contributed by atoms with Crippen LogP contribution >= 0.6 is 11.6 Å². The number of ether oxygens (including phenoxy) is 1. The van der Waals surface area contributed by atoms with Crippen LogP contribution in [0.25, 0.3) is 5.69 Å². The zero-order valence-electron chi connectivity index (χ0n) is 10.7. The van der Waals surface area contributed by atoms with Crippen LogP contribution in [0.1, 0.15) is 30.3 Å². The molecular formula is C14H15ClN2O2. The van der Waals surface area contributed by atoms with Gasteiger partial charge in [0.05, 0.1) is 12.3 Å². The second-order valence-electron chi connectivity index (χ2n) is 4.09. The molecule has 2 aromatic rings. The third-order valence-corrected chi connectivity index (χ3v) is 2.82. The molecule has 0 radical (unpaired) electrons. The summed E-state index contributed by atoms with van der Waals surface area (Å²) in [6, 6.07) is 11.1. The molecule has 0 bridgehead atoms. The number of hydrogen-bond donors (Lipinski definition) is 0. The van der Waals surface area contributed by atoms with Crippen molar-refractivity contribution in [1.82, 2.24) is 9.78 Å². The monoisotopic (exact) mass is 278 g/mol. The van der Waals surface area contributed by atoms with Gasteiger partial charge < -0.3 is 4.74 Å². The Hall–Kier alpha value is -1.81. The SMILES string of the molecule is CCCCOc1cc(C(=O)Cl)nn1-c1ccccc1. The molecule has 100 valence electrons. The molecule has 0 N–H and O–H groups in total. The number of halogens is 1. The molecule has 0 spiro atoms. The smallest absolute Gasteiger partial charge is 0.272 e. The molecule has 0 saturated carbocycles. The maximum atomic E-state index is 11.2. The van der Waals surface area contributed by atoms with Crippen LogP contribution in [-0.4, -0.2) is 21.6 Å². The Morgan fingerprint density at radius 3 is 2.74 bits per heavy atom. The van der Waals surface area contributed by atoms with Crippen molar-refractivity contribution in [3.63, 3.8) is 0 Å². The topological polar surface area (TPSA) is 44.1 Å². The van der Waals surface area contributed by atoms with Crippen LogP contribution in [0.5, 0.6) is 5.88 Å². The van der Waals surface area contributed by atoms with Gasteiger partial charge in [0.1, 0.15) is 5.69 Å². The lowest BCUT2D eigenvalue weighted by atomic mass is 10.3. The van der Waals surface area contributed by atoms with E-state index in [1.807, 2.05) is 30.3 Å². The molecule has 0 unspecified atom stereocenters. The first kappa shape index (κ1) is 13.6. The highest BCUT2D eigenvalue weighted by Gasteiger charge is 2.14. The Morgan fingerprint density at radius 2 is 2.11 bits per heavy atom. The van der Waals surface area contributed by atoms with Gasteiger partial charge in [-0.3, -0.25) is 4.79 Å². The summed E-state index contributed by atoms with van der Waals surface area (Å²) in [5, 5.41) is 3.58. The first-order valence-corrected chi connectivity index (χ1v) is 6.58. The lowest BCUT2D eigenvalue weighted by Crippen LogP contribution is -2.04. The van der Waals surface area contributed by atoms with E-state index in [-0.39, 0.29) is 5.69 Å². The molecule has 0 atom stereocenters. The number of benzene rings is 1. The van der Waals surface area contributed by atoms with Crippen molar-refractivity contribution < 1.29 is 9.53 Å². The highest BCUT2D eigenvalue weighted by Crippen LogP contribution is 2.20. The number of hydrogen-bond acceptors (Lipinski definition) is 3. The van der Waals surface area contributed by atoms with E-state index in [4.69, 9.17) is 16.3 Å². The highest BCUT2D eigenvalue weighted by molar-refractivity contribution is 6.67. The number of unbranched alkanes of at least 4 members (excludes halogenated alkanes) is 1. The third kappa shape index (κ3) is 3.35. The van der Waals surface area contributed by atoms with Crippen LogP contribution in [0.2, 0.25) is 0 Å². The van der Waals surface area contributed by atoms with Gasteiger partial charge in [-0.2, -0.15) is 5.10 Å². The Bertz CT molecular complexity index is 552. The maximum absolute atomic E-state index is 11.2. The molecule has 0 aliphatic heterocycles. The molecule has 1 heterocycles. The Kier molecular flexibility index (Phi) is 4.58. The minimum atomic E-state index is -0.588. The van der Waals surface area contributed by atoms with Gasteiger partial charge in [-0.1, -0.05) is 31.5 Å². The van der Waals surface area contributed by atoms with E-state index in [2.05, 4.69) is 12.0 Å². The molecule has 19 heavy (non-hydrogen) atoms. The van der Waals surface area contributed by atoms with Gasteiger partial charge in [0.2, 0.25) is 5.88 Å². The molecule has 0 aliphatic carbocycles. The van der Waals surface area contributed by atoms with Gasteiger partial charge in [0.25, 0.3) is 5.24 Å². The van der Waals surface area contributed by atoms with E-state index in [9.17, 15) is 4.79 Å². The van der Waals surface area contributed by atoms with Gasteiger partial charge >= 0.3 is 0 Å². The van der Waals surface area contributed by atoms with E-state index in [0.29, 0.717) is 12.5 Å². The van der Waals surface area contributed by atoms with E-state index in [0.717, 1.165) is 18.5 Å². The Morgan fingerprint density at radius 1 is 1.37 bits per heavy atom. The summed E-state index contributed by atoms with van der Waals surface area (Å²) in [7, 11) is 0. The standard InChI is InChI=1S/C14H15ClN2O2/c1-2-3-9-19-13-10-12(14(15)18)16-17(13)11-7-5-4-6-8-11/h4-8,10H,2-3,9H2,1H3. The molecule has 1 aromatic heterocycles. The van der Waals surface area contributed by atoms with Gasteiger partial charge in [0, 0.05) is 6.07 Å². The van der Waals surface area contributed by atoms with Crippen LogP contribution < -0.4 is 4.74 Å². The number of nitrogens with zero attached hydrogens (tertiary/aromatic N) is 2. The lowest BCUT2D eigenvalue weighted by Gasteiger charge is -2.08. The zero-order chi connectivity index (χ0) is 13.7. The molecule has 0 amide bonds. The first-order valence-electron chi connectivity index (χ1n) is 6.20. The highest BCUT2D eigenvalue weighted by atomic mass is 35.5. The number of carbonyl (C=O) groups is 1. The summed E-state index contributed by atoms with van der Waals surface area (Å²) < 4.78 is 7.24. The summed E-state index contributed by atoms with van der Waals surface area (Å²) >= 11 is 5.47. The predicted octanol–water partition coefficient (Wildman–Crippen LogP) is 3.43. The van der Waals surface area contributed by atoms with Crippen LogP contribution in [0.15, 0.2) is 36.4 Å². The quantitative estimate of drug-likeness (QED) is 0.601. The lowest BCUT2D eigenvalue weighted by molar-refractivity contribution is 0.107. The van der Waals surface area contributed by atoms with Gasteiger partial charge in [-0.25, -0.2) is 4.68 Å². The van der Waals surface area contributed by atoms with Crippen LogP contribution in [0.3, 0.4) is 0 Å². The maximum Gasteiger partial charge on any atom is 0.272 e. The first-order chi connectivity index (χ1) is 9.22. The molecule has 1 aromatic carbocycles. The predicted molar refractivity (Wildman–Crippen MR) is 74.2 cm³/mol. The second kappa shape index (κ2) is 6.38. The number of carbonyl (C=O) groups excluding carboxylic acids is 1. The molecule has 5 heteroatoms. The summed E-state index contributed by atoms with van der Waals surface area (Å²) in [5.74, 6) is 0.531. The van der Waals surface area contributed by atoms with Gasteiger partial charge in [-0.15, -0.1) is 0 Å². The molecule has 0 saturated heterocycles. The largest absolute Gasteiger partial charge is 0.478 e. The summed E-state index contributed by atoms with van der Waals surface area (Å²) in [6.45, 7) is 2.68. The fraction of sp³-hybridized carbons (Fsp3) is 0.286. The second-order valence-corrected chi connectivity index (χ2v) is 4.43. The molecular weight excluding hydrogens is 264 g/mol. The van der Waals surface area contributed by atoms with Crippen molar-refractivity contribution >= 4 is 16.8 Å². The van der Waals surface area contributed by atoms with Crippen LogP contribution in [-0.2, 0) is 0 Å². The number of rotatable bonds is 6. The summed E-state index contributed by atoms with van der Waals surface area (Å²) in [6.07, 6.45) is 1.99. The van der Waals surface area contributed by atoms with Crippen LogP contribution in [0, 0.1) is 0 Å². The molecule has 2 rings (SSSR count). The van der Waals surface area contributed by atoms with E-state index < -0.39 is 5.24 Å². The van der Waals surface area contributed by atoms with Gasteiger partial charge in [0.15, 0.2) is 0 Å². The number of para-hydroxylation sites is 1. The van der Waals surface area contributed by atoms with Crippen molar-refractivity contribution in [3.8, 4) is 11.6 Å². The van der Waals surface area contributed by atoms with E-state index >= 15 is 0 Å². The van der Waals surface area contributed by atoms with Crippen molar-refractivity contribution in [1.29, 1.82) is 0 Å². The number of aromatic nitrogens is 2. The molecule has 0 aliphatic rings. The molecule has 0 fully saturated rings. The van der Waals surface area contributed by atoms with E-state index in [1.54, 1.807) is 10.7 Å². The van der Waals surface area contributed by atoms with Crippen molar-refractivity contribution in [2.45, 2.75) is 19.8 Å². The average molecular weight is 279 g/mol. The van der Waals surface area contributed by atoms with Crippen molar-refractivity contribution in [2.24, 2.45) is 0 Å². The summed E-state index contributed by atoms with van der Waals surface area (Å²) in [5.41, 5.74) is 1.02. The fourth-order valence-electron chi connectivity index (χ4n) is 1.64. The minimum absolute atomic E-state index is 0.192. The summed E-state index contributed by atoms with van der Waals surface area (Å²) in [4.78, 5) is 11.2. The fourth-order valence-corrected chi connectivity index (χ4v) is 1.73. The Balaban J connectivity index is 2.32. The van der Waals surface area contributed by atoms with E-state index in [1.165, 1.54) is 0 Å². The average Bonchev–Trinajstić information content (AvgIpc) is 2.84. The zero-order valence-corrected chi connectivity index (χ0v) is 11.4. The molecule has 4 nitrogen and oxygen atoms in total. The third-order valence-electron chi connectivity index (χ3n) is 2.63. The van der Waals surface area contributed by atoms with Crippen LogP contribution in [0.4, 0.5) is 0 Å². The van der Waals surface area contributed by atoms with Crippen molar-refractivity contribution in [2.75, 3.05) is 6.61 Å². The Labute approximate surface area is 116 Å². The van der Waals surface area contributed by atoms with Crippen molar-refractivity contribution in [3.05, 3.63) is 42.1 Å². The minimum Gasteiger partial charge on any atom is -0.478 e.